The molecule has 0 amide bonds. The SMILES string of the molecule is Cc1ccc(-n2nc(C)nc2C)c(CNC(C)C)c1. The van der Waals surface area contributed by atoms with Crippen LogP contribution in [0.25, 0.3) is 5.69 Å². The van der Waals surface area contributed by atoms with Crippen LogP contribution in [0.2, 0.25) is 0 Å². The predicted octanol–water partition coefficient (Wildman–Crippen LogP) is 2.69. The molecule has 0 aliphatic heterocycles. The Labute approximate surface area is 114 Å². The van der Waals surface area contributed by atoms with Crippen molar-refractivity contribution in [3.05, 3.63) is 41.0 Å². The van der Waals surface area contributed by atoms with Crippen molar-refractivity contribution in [2.24, 2.45) is 0 Å². The summed E-state index contributed by atoms with van der Waals surface area (Å²) in [7, 11) is 0. The summed E-state index contributed by atoms with van der Waals surface area (Å²) in [6, 6.07) is 6.91. The second-order valence-electron chi connectivity index (χ2n) is 5.29. The topological polar surface area (TPSA) is 42.7 Å². The van der Waals surface area contributed by atoms with Crippen LogP contribution in [0.1, 0.15) is 36.6 Å². The molecule has 1 N–H and O–H groups in total. The van der Waals surface area contributed by atoms with E-state index in [1.54, 1.807) is 0 Å². The average Bonchev–Trinajstić information content (AvgIpc) is 2.66. The van der Waals surface area contributed by atoms with Gasteiger partial charge in [-0.3, -0.25) is 0 Å². The molecule has 0 aliphatic carbocycles. The van der Waals surface area contributed by atoms with Crippen LogP contribution in [0.3, 0.4) is 0 Å². The fourth-order valence-electron chi connectivity index (χ4n) is 2.13. The summed E-state index contributed by atoms with van der Waals surface area (Å²) in [4.78, 5) is 4.38. The van der Waals surface area contributed by atoms with Gasteiger partial charge in [0.15, 0.2) is 0 Å². The van der Waals surface area contributed by atoms with Crippen LogP contribution in [0.4, 0.5) is 0 Å². The van der Waals surface area contributed by atoms with Crippen LogP contribution >= 0.6 is 0 Å². The maximum Gasteiger partial charge on any atom is 0.148 e. The molecular formula is C15H22N4. The van der Waals surface area contributed by atoms with E-state index in [-0.39, 0.29) is 0 Å². The van der Waals surface area contributed by atoms with Crippen molar-refractivity contribution in [3.8, 4) is 5.69 Å². The number of benzene rings is 1. The molecule has 0 unspecified atom stereocenters. The van der Waals surface area contributed by atoms with Crippen LogP contribution in [0.5, 0.6) is 0 Å². The highest BCUT2D eigenvalue weighted by Crippen LogP contribution is 2.17. The summed E-state index contributed by atoms with van der Waals surface area (Å²) in [5.41, 5.74) is 3.62. The van der Waals surface area contributed by atoms with Gasteiger partial charge in [-0.2, -0.15) is 5.10 Å². The molecule has 0 aliphatic rings. The molecule has 0 radical (unpaired) electrons. The second kappa shape index (κ2) is 5.53. The molecule has 19 heavy (non-hydrogen) atoms. The third-order valence-electron chi connectivity index (χ3n) is 3.04. The molecule has 2 aromatic rings. The first-order chi connectivity index (χ1) is 8.97. The molecule has 4 heteroatoms. The van der Waals surface area contributed by atoms with Crippen LogP contribution in [-0.2, 0) is 6.54 Å². The van der Waals surface area contributed by atoms with Crippen molar-refractivity contribution in [3.63, 3.8) is 0 Å². The van der Waals surface area contributed by atoms with E-state index in [1.807, 2.05) is 18.5 Å². The number of nitrogens with one attached hydrogen (secondary N) is 1. The lowest BCUT2D eigenvalue weighted by Gasteiger charge is -2.14. The Kier molecular flexibility index (Phi) is 4.00. The zero-order valence-corrected chi connectivity index (χ0v) is 12.4. The van der Waals surface area contributed by atoms with Crippen LogP contribution in [0.15, 0.2) is 18.2 Å². The minimum absolute atomic E-state index is 0.465. The highest BCUT2D eigenvalue weighted by Gasteiger charge is 2.10. The van der Waals surface area contributed by atoms with Gasteiger partial charge in [-0.25, -0.2) is 9.67 Å². The van der Waals surface area contributed by atoms with Gasteiger partial charge in [0.1, 0.15) is 11.6 Å². The number of hydrogen-bond donors (Lipinski definition) is 1. The zero-order valence-electron chi connectivity index (χ0n) is 12.4. The average molecular weight is 258 g/mol. The van der Waals surface area contributed by atoms with Gasteiger partial charge < -0.3 is 5.32 Å². The lowest BCUT2D eigenvalue weighted by molar-refractivity contribution is 0.586. The molecule has 1 aromatic heterocycles. The first-order valence-electron chi connectivity index (χ1n) is 6.71. The second-order valence-corrected chi connectivity index (χ2v) is 5.29. The van der Waals surface area contributed by atoms with Gasteiger partial charge in [0.2, 0.25) is 0 Å². The molecule has 102 valence electrons. The zero-order chi connectivity index (χ0) is 14.0. The van der Waals surface area contributed by atoms with E-state index in [2.05, 4.69) is 54.4 Å². The Morgan fingerprint density at radius 1 is 1.21 bits per heavy atom. The Morgan fingerprint density at radius 3 is 2.53 bits per heavy atom. The number of aromatic nitrogens is 3. The van der Waals surface area contributed by atoms with Crippen molar-refractivity contribution in [1.29, 1.82) is 0 Å². The first-order valence-corrected chi connectivity index (χ1v) is 6.71. The smallest absolute Gasteiger partial charge is 0.148 e. The van der Waals surface area contributed by atoms with E-state index in [4.69, 9.17) is 0 Å². The lowest BCUT2D eigenvalue weighted by atomic mass is 10.1. The van der Waals surface area contributed by atoms with Crippen molar-refractivity contribution in [2.75, 3.05) is 0 Å². The maximum atomic E-state index is 4.48. The third kappa shape index (κ3) is 3.20. The maximum absolute atomic E-state index is 4.48. The van der Waals surface area contributed by atoms with Crippen LogP contribution < -0.4 is 5.32 Å². The quantitative estimate of drug-likeness (QED) is 0.917. The Bertz CT molecular complexity index is 570. The summed E-state index contributed by atoms with van der Waals surface area (Å²) < 4.78 is 1.92. The van der Waals surface area contributed by atoms with Gasteiger partial charge in [-0.1, -0.05) is 31.5 Å². The van der Waals surface area contributed by atoms with Crippen LogP contribution in [-0.4, -0.2) is 20.8 Å². The van der Waals surface area contributed by atoms with E-state index in [9.17, 15) is 0 Å². The van der Waals surface area contributed by atoms with Crippen molar-refractivity contribution in [1.82, 2.24) is 20.1 Å². The van der Waals surface area contributed by atoms with E-state index in [0.29, 0.717) is 6.04 Å². The Morgan fingerprint density at radius 2 is 1.95 bits per heavy atom. The van der Waals surface area contributed by atoms with Gasteiger partial charge in [0.05, 0.1) is 5.69 Å². The minimum Gasteiger partial charge on any atom is -0.310 e. The Balaban J connectivity index is 2.41. The third-order valence-corrected chi connectivity index (χ3v) is 3.04. The van der Waals surface area contributed by atoms with E-state index in [1.165, 1.54) is 11.1 Å². The fourth-order valence-corrected chi connectivity index (χ4v) is 2.13. The molecule has 1 aromatic carbocycles. The number of hydrogen-bond acceptors (Lipinski definition) is 3. The molecule has 0 saturated carbocycles. The molecule has 0 saturated heterocycles. The summed E-state index contributed by atoms with van der Waals surface area (Å²) in [6.07, 6.45) is 0. The van der Waals surface area contributed by atoms with Gasteiger partial charge in [0.25, 0.3) is 0 Å². The number of nitrogens with zero attached hydrogens (tertiary/aromatic N) is 3. The van der Waals surface area contributed by atoms with Crippen molar-refractivity contribution in [2.45, 2.75) is 47.2 Å². The van der Waals surface area contributed by atoms with E-state index >= 15 is 0 Å². The van der Waals surface area contributed by atoms with E-state index < -0.39 is 0 Å². The summed E-state index contributed by atoms with van der Waals surface area (Å²) in [6.45, 7) is 11.2. The molecule has 2 rings (SSSR count). The first kappa shape index (κ1) is 13.7. The van der Waals surface area contributed by atoms with E-state index in [0.717, 1.165) is 23.9 Å². The molecule has 0 spiro atoms. The van der Waals surface area contributed by atoms with Gasteiger partial charge in [-0.05, 0) is 32.4 Å². The molecule has 0 atom stereocenters. The van der Waals surface area contributed by atoms with Crippen LogP contribution in [0, 0.1) is 20.8 Å². The molecule has 0 fully saturated rings. The van der Waals surface area contributed by atoms with Gasteiger partial charge >= 0.3 is 0 Å². The minimum atomic E-state index is 0.465. The summed E-state index contributed by atoms with van der Waals surface area (Å²) >= 11 is 0. The monoisotopic (exact) mass is 258 g/mol. The van der Waals surface area contributed by atoms with Crippen molar-refractivity contribution < 1.29 is 0 Å². The molecule has 1 heterocycles. The van der Waals surface area contributed by atoms with Crippen molar-refractivity contribution >= 4 is 0 Å². The highest BCUT2D eigenvalue weighted by molar-refractivity contribution is 5.43. The molecule has 0 bridgehead atoms. The van der Waals surface area contributed by atoms with Gasteiger partial charge in [-0.15, -0.1) is 0 Å². The highest BCUT2D eigenvalue weighted by atomic mass is 15.3. The Hall–Kier alpha value is -1.68. The standard InChI is InChI=1S/C15H22N4/c1-10(2)16-9-14-8-11(3)6-7-15(14)19-13(5)17-12(4)18-19/h6-8,10,16H,9H2,1-5H3. The fraction of sp³-hybridized carbons (Fsp3) is 0.467. The predicted molar refractivity (Wildman–Crippen MR) is 77.5 cm³/mol. The molecular weight excluding hydrogens is 236 g/mol. The summed E-state index contributed by atoms with van der Waals surface area (Å²) in [5.74, 6) is 1.73. The number of aryl methyl sites for hydroxylation is 3. The normalized spacial score (nSPS) is 11.3. The number of rotatable bonds is 4. The van der Waals surface area contributed by atoms with Gasteiger partial charge in [0, 0.05) is 12.6 Å². The molecule has 4 nitrogen and oxygen atoms in total. The largest absolute Gasteiger partial charge is 0.310 e. The summed E-state index contributed by atoms with van der Waals surface area (Å²) in [5, 5.41) is 7.94. The lowest BCUT2D eigenvalue weighted by Crippen LogP contribution is -2.23.